The molecule has 8 aromatic rings. The molecule has 0 bridgehead atoms. The third-order valence-corrected chi connectivity index (χ3v) is 12.2. The first-order valence-corrected chi connectivity index (χ1v) is 22.0. The molecule has 0 saturated carbocycles. The average Bonchev–Trinajstić information content (AvgIpc) is 3.60. The molecule has 3 nitrogen and oxygen atoms in total. The quantitative estimate of drug-likeness (QED) is 0.0948. The van der Waals surface area contributed by atoms with E-state index in [1.54, 1.807) is 0 Å². The molecule has 1 aliphatic rings. The summed E-state index contributed by atoms with van der Waals surface area (Å²) in [7, 11) is -1.23. The van der Waals surface area contributed by atoms with Gasteiger partial charge in [0, 0.05) is 38.1 Å². The molecule has 3 aromatic heterocycles. The van der Waals surface area contributed by atoms with Crippen molar-refractivity contribution in [2.75, 3.05) is 0 Å². The van der Waals surface area contributed by atoms with Crippen LogP contribution < -0.4 is 5.19 Å². The molecule has 0 N–H and O–H groups in total. The minimum absolute atomic E-state index is 0. The van der Waals surface area contributed by atoms with E-state index < -0.39 is 8.07 Å². The molecule has 0 amide bonds. The Kier molecular flexibility index (Phi) is 11.3. The van der Waals surface area contributed by atoms with Gasteiger partial charge in [0.05, 0.1) is 13.7 Å². The summed E-state index contributed by atoms with van der Waals surface area (Å²) in [5.74, 6) is 0.567. The molecule has 5 heteroatoms. The molecule has 269 valence electrons. The fourth-order valence-corrected chi connectivity index (χ4v) is 8.11. The molecule has 1 aliphatic carbocycles. The molecule has 3 heterocycles. The van der Waals surface area contributed by atoms with Crippen LogP contribution in [0.2, 0.25) is 19.6 Å². The van der Waals surface area contributed by atoms with Gasteiger partial charge in [-0.15, -0.1) is 53.6 Å². The number of allylic oxidation sites excluding steroid dienone is 2. The van der Waals surface area contributed by atoms with E-state index in [1.165, 1.54) is 28.3 Å². The third kappa shape index (κ3) is 8.15. The second-order valence-electron chi connectivity index (χ2n) is 14.8. The number of nitrogens with zero attached hydrogens (tertiary/aromatic N) is 2. The van der Waals surface area contributed by atoms with Crippen LogP contribution >= 0.6 is 0 Å². The predicted molar refractivity (Wildman–Crippen MR) is 224 cm³/mol. The van der Waals surface area contributed by atoms with Crippen LogP contribution in [0.25, 0.3) is 66.7 Å². The molecule has 0 fully saturated rings. The second kappa shape index (κ2) is 16.4. The van der Waals surface area contributed by atoms with Crippen molar-refractivity contribution in [2.45, 2.75) is 44.8 Å². The normalized spacial score (nSPS) is 13.9. The van der Waals surface area contributed by atoms with Gasteiger partial charge in [-0.2, -0.15) is 0 Å². The molecule has 1 radical (unpaired) electrons. The van der Waals surface area contributed by atoms with Crippen molar-refractivity contribution in [1.82, 2.24) is 9.97 Å². The number of rotatable bonds is 6. The number of aromatic nitrogens is 2. The van der Waals surface area contributed by atoms with E-state index in [9.17, 15) is 0 Å². The maximum Gasteiger partial charge on any atom is 0.131 e. The summed E-state index contributed by atoms with van der Waals surface area (Å²) in [5, 5.41) is 3.58. The maximum atomic E-state index is 6.50. The Hall–Kier alpha value is -5.19. The molecular weight excluding hydrogens is 853 g/mol. The van der Waals surface area contributed by atoms with Crippen molar-refractivity contribution < 1.29 is 24.5 Å². The monoisotopic (exact) mass is 895 g/mol. The molecule has 54 heavy (non-hydrogen) atoms. The zero-order valence-corrected chi connectivity index (χ0v) is 34.2. The van der Waals surface area contributed by atoms with Crippen molar-refractivity contribution >= 4 is 35.2 Å². The van der Waals surface area contributed by atoms with Crippen molar-refractivity contribution in [3.8, 4) is 44.8 Å². The molecule has 5 aromatic carbocycles. The van der Waals surface area contributed by atoms with Crippen molar-refractivity contribution in [3.63, 3.8) is 0 Å². The van der Waals surface area contributed by atoms with Crippen molar-refractivity contribution in [3.05, 3.63) is 176 Å². The van der Waals surface area contributed by atoms with Crippen LogP contribution in [0.3, 0.4) is 0 Å². The van der Waals surface area contributed by atoms with Gasteiger partial charge in [0.2, 0.25) is 0 Å². The topological polar surface area (TPSA) is 38.9 Å². The van der Waals surface area contributed by atoms with E-state index in [2.05, 4.69) is 157 Å². The van der Waals surface area contributed by atoms with E-state index in [4.69, 9.17) is 4.42 Å². The van der Waals surface area contributed by atoms with Crippen LogP contribution in [0.4, 0.5) is 0 Å². The van der Waals surface area contributed by atoms with Crippen LogP contribution in [0.15, 0.2) is 162 Å². The summed E-state index contributed by atoms with van der Waals surface area (Å²) in [6.45, 7) is 7.00. The van der Waals surface area contributed by atoms with Crippen LogP contribution in [0, 0.1) is 12.1 Å². The SMILES string of the molecule is C[Si](C)(C)c1ccc(-c2[c-]cccc2)nc1.[Ir].[c-]1cc2c(cc1-c1cc(C3CC=CCC3)ccn1)oc1c(-c3ccc(-c4ccccc4)cc3)cccc12. The molecular formula is C49H42IrN2OSi-2. The minimum atomic E-state index is -1.23. The minimum Gasteiger partial charge on any atom is -0.476 e. The van der Waals surface area contributed by atoms with E-state index in [1.807, 2.05) is 42.7 Å². The summed E-state index contributed by atoms with van der Waals surface area (Å²) in [5.41, 5.74) is 11.8. The summed E-state index contributed by atoms with van der Waals surface area (Å²) in [6.07, 6.45) is 12.0. The summed E-state index contributed by atoms with van der Waals surface area (Å²) in [4.78, 5) is 9.19. The predicted octanol–water partition coefficient (Wildman–Crippen LogP) is 12.7. The molecule has 0 spiro atoms. The average molecular weight is 895 g/mol. The number of hydrogen-bond acceptors (Lipinski definition) is 3. The molecule has 0 saturated heterocycles. The van der Waals surface area contributed by atoms with Gasteiger partial charge < -0.3 is 14.4 Å². The Morgan fingerprint density at radius 3 is 2.19 bits per heavy atom. The number of furan rings is 1. The van der Waals surface area contributed by atoms with Crippen LogP contribution in [-0.4, -0.2) is 18.0 Å². The van der Waals surface area contributed by atoms with Gasteiger partial charge in [0.15, 0.2) is 0 Å². The number of fused-ring (bicyclic) bond motifs is 3. The molecule has 0 aliphatic heterocycles. The van der Waals surface area contributed by atoms with Gasteiger partial charge in [0.25, 0.3) is 0 Å². The van der Waals surface area contributed by atoms with E-state index >= 15 is 0 Å². The van der Waals surface area contributed by atoms with Crippen LogP contribution in [0.1, 0.15) is 30.7 Å². The molecule has 9 rings (SSSR count). The maximum absolute atomic E-state index is 6.50. The van der Waals surface area contributed by atoms with Gasteiger partial charge in [-0.25, -0.2) is 0 Å². The Balaban J connectivity index is 0.000000223. The number of benzene rings is 5. The smallest absolute Gasteiger partial charge is 0.131 e. The summed E-state index contributed by atoms with van der Waals surface area (Å²) < 4.78 is 6.50. The van der Waals surface area contributed by atoms with E-state index in [0.717, 1.165) is 68.4 Å². The fourth-order valence-electron chi connectivity index (χ4n) is 7.08. The van der Waals surface area contributed by atoms with E-state index in [-0.39, 0.29) is 20.1 Å². The fraction of sp³-hybridized carbons (Fsp3) is 0.143. The standard InChI is InChI=1S/C35H26NO.C14H16NSi.Ir/c1-3-8-24(9-4-1)26-14-16-27(17-15-26)30-12-7-13-32-31-19-18-29(23-34(31)37-35(30)32)33-22-28(20-21-36-33)25-10-5-2-6-11-25;1-16(2,3)13-9-10-14(15-11-13)12-7-5-4-6-8-12;/h1-5,7-9,12-17,19-23,25H,6,10-11H2;4-7,9-11H,1-3H3;/q2*-1;. The first-order valence-electron chi connectivity index (χ1n) is 18.5. The van der Waals surface area contributed by atoms with Gasteiger partial charge >= 0.3 is 0 Å². The first-order chi connectivity index (χ1) is 25.9. The summed E-state index contributed by atoms with van der Waals surface area (Å²) >= 11 is 0. The number of hydrogen-bond donors (Lipinski definition) is 0. The third-order valence-electron chi connectivity index (χ3n) is 10.1. The van der Waals surface area contributed by atoms with Gasteiger partial charge in [-0.1, -0.05) is 140 Å². The van der Waals surface area contributed by atoms with Crippen molar-refractivity contribution in [1.29, 1.82) is 0 Å². The Morgan fingerprint density at radius 1 is 0.667 bits per heavy atom. The Bertz CT molecular complexity index is 2500. The zero-order valence-electron chi connectivity index (χ0n) is 30.8. The Labute approximate surface area is 333 Å². The van der Waals surface area contributed by atoms with Gasteiger partial charge in [-0.3, -0.25) is 0 Å². The Morgan fingerprint density at radius 2 is 1.46 bits per heavy atom. The zero-order chi connectivity index (χ0) is 36.2. The largest absolute Gasteiger partial charge is 0.476 e. The first kappa shape index (κ1) is 37.1. The summed E-state index contributed by atoms with van der Waals surface area (Å²) in [6, 6.07) is 53.0. The van der Waals surface area contributed by atoms with Crippen LogP contribution in [-0.2, 0) is 20.1 Å². The van der Waals surface area contributed by atoms with Gasteiger partial charge in [-0.05, 0) is 69.9 Å². The van der Waals surface area contributed by atoms with E-state index in [0.29, 0.717) is 5.92 Å². The molecule has 1 atom stereocenters. The van der Waals surface area contributed by atoms with Crippen molar-refractivity contribution in [2.24, 2.45) is 0 Å². The second-order valence-corrected chi connectivity index (χ2v) is 19.8. The van der Waals surface area contributed by atoms with Gasteiger partial charge in [0.1, 0.15) is 5.58 Å². The number of para-hydroxylation sites is 1. The molecule has 1 unspecified atom stereocenters. The number of pyridine rings is 2. The van der Waals surface area contributed by atoms with Crippen LogP contribution in [0.5, 0.6) is 0 Å².